The Morgan fingerprint density at radius 2 is 2.10 bits per heavy atom. The molecule has 1 aliphatic rings. The number of unbranched alkanes of at least 4 members (excludes halogenated alkanes) is 1. The fourth-order valence-electron chi connectivity index (χ4n) is 2.53. The van der Waals surface area contributed by atoms with E-state index < -0.39 is 11.9 Å². The minimum Gasteiger partial charge on any atom is -0.338 e. The number of hydrogen-bond donors (Lipinski definition) is 0. The van der Waals surface area contributed by atoms with Gasteiger partial charge < -0.3 is 4.90 Å². The van der Waals surface area contributed by atoms with Gasteiger partial charge in [0.05, 0.1) is 0 Å². The molecule has 1 saturated heterocycles. The van der Waals surface area contributed by atoms with Crippen LogP contribution in [0.4, 0.5) is 19.1 Å². The third-order valence-electron chi connectivity index (χ3n) is 3.78. The maximum absolute atomic E-state index is 12.7. The summed E-state index contributed by atoms with van der Waals surface area (Å²) in [7, 11) is 0. The molecule has 1 aromatic heterocycles. The molecule has 1 aliphatic heterocycles. The summed E-state index contributed by atoms with van der Waals surface area (Å²) in [5, 5.41) is 0. The first-order valence-corrected chi connectivity index (χ1v) is 7.31. The lowest BCUT2D eigenvalue weighted by Gasteiger charge is -2.39. The summed E-state index contributed by atoms with van der Waals surface area (Å²) in [4.78, 5) is 11.9. The summed E-state index contributed by atoms with van der Waals surface area (Å²) in [5.41, 5.74) is -0.881. The average molecular weight is 302 g/mol. The van der Waals surface area contributed by atoms with E-state index >= 15 is 0 Å². The Bertz CT molecular complexity index is 464. The molecule has 0 radical (unpaired) electrons. The van der Waals surface area contributed by atoms with E-state index in [0.29, 0.717) is 19.1 Å². The van der Waals surface area contributed by atoms with Crippen LogP contribution in [-0.2, 0) is 6.18 Å². The van der Waals surface area contributed by atoms with Crippen LogP contribution < -0.4 is 4.90 Å². The van der Waals surface area contributed by atoms with Crippen LogP contribution in [0.5, 0.6) is 0 Å². The highest BCUT2D eigenvalue weighted by atomic mass is 19.4. The zero-order chi connectivity index (χ0) is 15.5. The van der Waals surface area contributed by atoms with Crippen LogP contribution in [0.15, 0.2) is 12.3 Å². The van der Waals surface area contributed by atoms with Crippen molar-refractivity contribution in [2.45, 2.75) is 38.9 Å². The Hall–Kier alpha value is -1.37. The van der Waals surface area contributed by atoms with E-state index in [1.807, 2.05) is 4.90 Å². The van der Waals surface area contributed by atoms with E-state index in [9.17, 15) is 13.2 Å². The maximum atomic E-state index is 12.7. The molecule has 2 heterocycles. The highest BCUT2D eigenvalue weighted by Crippen LogP contribution is 2.28. The van der Waals surface area contributed by atoms with Gasteiger partial charge in [0.15, 0.2) is 0 Å². The summed E-state index contributed by atoms with van der Waals surface area (Å²) in [6.45, 7) is 7.43. The molecule has 0 saturated carbocycles. The van der Waals surface area contributed by atoms with Crippen LogP contribution in [0.1, 0.15) is 32.4 Å². The van der Waals surface area contributed by atoms with E-state index in [4.69, 9.17) is 0 Å². The predicted octanol–water partition coefficient (Wildman–Crippen LogP) is 2.81. The molecular formula is C14H21F3N4. The average Bonchev–Trinajstić information content (AvgIpc) is 2.45. The Morgan fingerprint density at radius 3 is 2.71 bits per heavy atom. The molecule has 0 bridgehead atoms. The number of rotatable bonds is 4. The Labute approximate surface area is 123 Å². The third-order valence-corrected chi connectivity index (χ3v) is 3.78. The number of aromatic nitrogens is 2. The number of hydrogen-bond acceptors (Lipinski definition) is 4. The van der Waals surface area contributed by atoms with Gasteiger partial charge in [0.25, 0.3) is 0 Å². The largest absolute Gasteiger partial charge is 0.433 e. The molecule has 1 atom stereocenters. The topological polar surface area (TPSA) is 32.3 Å². The van der Waals surface area contributed by atoms with Crippen molar-refractivity contribution >= 4 is 5.95 Å². The number of alkyl halides is 3. The smallest absolute Gasteiger partial charge is 0.338 e. The van der Waals surface area contributed by atoms with E-state index in [-0.39, 0.29) is 5.95 Å². The van der Waals surface area contributed by atoms with Crippen molar-refractivity contribution in [1.29, 1.82) is 0 Å². The molecule has 0 aromatic carbocycles. The Morgan fingerprint density at radius 1 is 1.33 bits per heavy atom. The van der Waals surface area contributed by atoms with Gasteiger partial charge >= 0.3 is 6.18 Å². The van der Waals surface area contributed by atoms with Crippen LogP contribution in [0.25, 0.3) is 0 Å². The van der Waals surface area contributed by atoms with Gasteiger partial charge in [0.1, 0.15) is 5.69 Å². The second-order valence-corrected chi connectivity index (χ2v) is 5.42. The van der Waals surface area contributed by atoms with Gasteiger partial charge in [-0.3, -0.25) is 4.90 Å². The second kappa shape index (κ2) is 6.60. The summed E-state index contributed by atoms with van der Waals surface area (Å²) >= 11 is 0. The Balaban J connectivity index is 2.04. The van der Waals surface area contributed by atoms with Gasteiger partial charge in [0.2, 0.25) is 5.95 Å². The van der Waals surface area contributed by atoms with Crippen LogP contribution in [0.3, 0.4) is 0 Å². The van der Waals surface area contributed by atoms with Crippen molar-refractivity contribution in [2.75, 3.05) is 31.1 Å². The van der Waals surface area contributed by atoms with Crippen molar-refractivity contribution in [3.8, 4) is 0 Å². The number of anilines is 1. The molecule has 1 fully saturated rings. The molecule has 21 heavy (non-hydrogen) atoms. The molecule has 0 aliphatic carbocycles. The van der Waals surface area contributed by atoms with Gasteiger partial charge in [-0.15, -0.1) is 0 Å². The van der Waals surface area contributed by atoms with Crippen molar-refractivity contribution in [2.24, 2.45) is 0 Å². The van der Waals surface area contributed by atoms with Gasteiger partial charge in [-0.05, 0) is 26.0 Å². The van der Waals surface area contributed by atoms with Crippen molar-refractivity contribution in [1.82, 2.24) is 14.9 Å². The minimum atomic E-state index is -4.42. The highest BCUT2D eigenvalue weighted by molar-refractivity contribution is 5.32. The van der Waals surface area contributed by atoms with Crippen molar-refractivity contribution in [3.05, 3.63) is 18.0 Å². The van der Waals surface area contributed by atoms with Crippen LogP contribution >= 0.6 is 0 Å². The van der Waals surface area contributed by atoms with E-state index in [1.165, 1.54) is 6.20 Å². The van der Waals surface area contributed by atoms with Gasteiger partial charge in [0, 0.05) is 31.9 Å². The Kier molecular flexibility index (Phi) is 5.03. The van der Waals surface area contributed by atoms with Crippen molar-refractivity contribution < 1.29 is 13.2 Å². The standard InChI is InChI=1S/C14H21F3N4/c1-3-4-7-20-8-9-21(10-11(20)2)13-18-6-5-12(19-13)14(15,16)17/h5-6,11H,3-4,7-10H2,1-2H3/t11-/m1/s1. The summed E-state index contributed by atoms with van der Waals surface area (Å²) in [6, 6.07) is 1.20. The fourth-order valence-corrected chi connectivity index (χ4v) is 2.53. The minimum absolute atomic E-state index is 0.173. The maximum Gasteiger partial charge on any atom is 0.433 e. The quantitative estimate of drug-likeness (QED) is 0.856. The lowest BCUT2D eigenvalue weighted by Crippen LogP contribution is -2.52. The molecule has 0 amide bonds. The molecule has 0 unspecified atom stereocenters. The predicted molar refractivity (Wildman–Crippen MR) is 75.2 cm³/mol. The zero-order valence-electron chi connectivity index (χ0n) is 12.4. The first kappa shape index (κ1) is 16.0. The fraction of sp³-hybridized carbons (Fsp3) is 0.714. The first-order chi connectivity index (χ1) is 9.91. The van der Waals surface area contributed by atoms with Gasteiger partial charge in [-0.2, -0.15) is 13.2 Å². The second-order valence-electron chi connectivity index (χ2n) is 5.42. The van der Waals surface area contributed by atoms with E-state index in [2.05, 4.69) is 28.7 Å². The molecule has 118 valence electrons. The summed E-state index contributed by atoms with van der Waals surface area (Å²) in [6.07, 6.45) is -0.959. The van der Waals surface area contributed by atoms with Gasteiger partial charge in [-0.25, -0.2) is 9.97 Å². The number of nitrogens with zero attached hydrogens (tertiary/aromatic N) is 4. The summed E-state index contributed by atoms with van der Waals surface area (Å²) < 4.78 is 38.1. The van der Waals surface area contributed by atoms with Crippen LogP contribution in [-0.4, -0.2) is 47.1 Å². The molecule has 0 spiro atoms. The molecule has 7 heteroatoms. The number of halogens is 3. The molecular weight excluding hydrogens is 281 g/mol. The molecule has 4 nitrogen and oxygen atoms in total. The third kappa shape index (κ3) is 4.06. The first-order valence-electron chi connectivity index (χ1n) is 7.31. The highest BCUT2D eigenvalue weighted by Gasteiger charge is 2.34. The monoisotopic (exact) mass is 302 g/mol. The molecule has 1 aromatic rings. The van der Waals surface area contributed by atoms with Crippen LogP contribution in [0.2, 0.25) is 0 Å². The van der Waals surface area contributed by atoms with E-state index in [1.54, 1.807) is 0 Å². The zero-order valence-corrected chi connectivity index (χ0v) is 12.4. The number of piperazine rings is 1. The van der Waals surface area contributed by atoms with Crippen LogP contribution in [0, 0.1) is 0 Å². The SMILES string of the molecule is CCCCN1CCN(c2nccc(C(F)(F)F)n2)C[C@H]1C. The van der Waals surface area contributed by atoms with Crippen molar-refractivity contribution in [3.63, 3.8) is 0 Å². The lowest BCUT2D eigenvalue weighted by atomic mass is 10.2. The lowest BCUT2D eigenvalue weighted by molar-refractivity contribution is -0.141. The van der Waals surface area contributed by atoms with Gasteiger partial charge in [-0.1, -0.05) is 13.3 Å². The van der Waals surface area contributed by atoms with E-state index in [0.717, 1.165) is 32.0 Å². The normalized spacial score (nSPS) is 20.8. The molecule has 0 N–H and O–H groups in total. The molecule has 2 rings (SSSR count). The summed E-state index contributed by atoms with van der Waals surface area (Å²) in [5.74, 6) is 0.173.